The standard InChI is InChI=1S/C12H18O3/c13-11-8-5-4-7-10(11)6-2-1-3-9-12(14)15/h6H,1-5,7-9H2,(H,14,15). The van der Waals surface area contributed by atoms with Crippen LogP contribution < -0.4 is 0 Å². The van der Waals surface area contributed by atoms with Crippen molar-refractivity contribution in [3.05, 3.63) is 11.6 Å². The van der Waals surface area contributed by atoms with Gasteiger partial charge in [0, 0.05) is 12.8 Å². The van der Waals surface area contributed by atoms with Crippen LogP contribution in [-0.4, -0.2) is 16.9 Å². The summed E-state index contributed by atoms with van der Waals surface area (Å²) in [5.41, 5.74) is 0.969. The Morgan fingerprint density at radius 2 is 2.00 bits per heavy atom. The fourth-order valence-corrected chi connectivity index (χ4v) is 1.81. The molecular weight excluding hydrogens is 192 g/mol. The van der Waals surface area contributed by atoms with E-state index in [0.717, 1.165) is 37.7 Å². The number of carbonyl (C=O) groups excluding carboxylic acids is 1. The maximum Gasteiger partial charge on any atom is 0.303 e. The van der Waals surface area contributed by atoms with Crippen molar-refractivity contribution < 1.29 is 14.7 Å². The first-order valence-corrected chi connectivity index (χ1v) is 5.64. The maximum absolute atomic E-state index is 11.4. The third-order valence-corrected chi connectivity index (χ3v) is 2.69. The average Bonchev–Trinajstić information content (AvgIpc) is 2.20. The van der Waals surface area contributed by atoms with Crippen LogP contribution in [0, 0.1) is 0 Å². The van der Waals surface area contributed by atoms with Crippen LogP contribution in [0.25, 0.3) is 0 Å². The lowest BCUT2D eigenvalue weighted by Crippen LogP contribution is -2.08. The van der Waals surface area contributed by atoms with Crippen LogP contribution in [0.5, 0.6) is 0 Å². The van der Waals surface area contributed by atoms with Crippen LogP contribution in [-0.2, 0) is 9.59 Å². The van der Waals surface area contributed by atoms with E-state index >= 15 is 0 Å². The minimum absolute atomic E-state index is 0.233. The van der Waals surface area contributed by atoms with Crippen molar-refractivity contribution in [1.29, 1.82) is 0 Å². The van der Waals surface area contributed by atoms with Gasteiger partial charge in [-0.05, 0) is 44.1 Å². The van der Waals surface area contributed by atoms with Crippen LogP contribution in [0.2, 0.25) is 0 Å². The average molecular weight is 210 g/mol. The van der Waals surface area contributed by atoms with Crippen molar-refractivity contribution in [3.63, 3.8) is 0 Å². The molecule has 1 fully saturated rings. The Morgan fingerprint density at radius 3 is 2.67 bits per heavy atom. The second-order valence-electron chi connectivity index (χ2n) is 4.00. The van der Waals surface area contributed by atoms with Crippen LogP contribution >= 0.6 is 0 Å². The number of aliphatic carboxylic acids is 1. The summed E-state index contributed by atoms with van der Waals surface area (Å²) in [5, 5.41) is 8.43. The molecule has 0 spiro atoms. The van der Waals surface area contributed by atoms with Crippen LogP contribution in [0.3, 0.4) is 0 Å². The van der Waals surface area contributed by atoms with Crippen molar-refractivity contribution >= 4 is 11.8 Å². The monoisotopic (exact) mass is 210 g/mol. The molecular formula is C12H18O3. The van der Waals surface area contributed by atoms with E-state index in [4.69, 9.17) is 5.11 Å². The van der Waals surface area contributed by atoms with Crippen molar-refractivity contribution in [2.75, 3.05) is 0 Å². The number of allylic oxidation sites excluding steroid dienone is 2. The van der Waals surface area contributed by atoms with E-state index in [9.17, 15) is 9.59 Å². The first-order chi connectivity index (χ1) is 7.20. The number of carboxylic acids is 1. The first-order valence-electron chi connectivity index (χ1n) is 5.64. The minimum atomic E-state index is -0.739. The van der Waals surface area contributed by atoms with Gasteiger partial charge in [-0.3, -0.25) is 9.59 Å². The Hall–Kier alpha value is -1.12. The highest BCUT2D eigenvalue weighted by Gasteiger charge is 2.13. The third-order valence-electron chi connectivity index (χ3n) is 2.69. The lowest BCUT2D eigenvalue weighted by Gasteiger charge is -2.12. The van der Waals surface area contributed by atoms with E-state index in [1.165, 1.54) is 0 Å². The largest absolute Gasteiger partial charge is 0.481 e. The topological polar surface area (TPSA) is 54.4 Å². The Morgan fingerprint density at radius 1 is 1.27 bits per heavy atom. The molecule has 1 saturated carbocycles. The van der Waals surface area contributed by atoms with Gasteiger partial charge >= 0.3 is 5.97 Å². The zero-order chi connectivity index (χ0) is 11.1. The number of hydrogen-bond acceptors (Lipinski definition) is 2. The van der Waals surface area contributed by atoms with E-state index in [0.29, 0.717) is 18.6 Å². The van der Waals surface area contributed by atoms with Gasteiger partial charge in [0.25, 0.3) is 0 Å². The van der Waals surface area contributed by atoms with Gasteiger partial charge in [-0.1, -0.05) is 6.08 Å². The molecule has 0 aromatic carbocycles. The fraction of sp³-hybridized carbons (Fsp3) is 0.667. The lowest BCUT2D eigenvalue weighted by atomic mass is 9.92. The van der Waals surface area contributed by atoms with E-state index in [1.54, 1.807) is 0 Å². The Balaban J connectivity index is 2.19. The van der Waals surface area contributed by atoms with Crippen molar-refractivity contribution in [3.8, 4) is 0 Å². The SMILES string of the molecule is O=C(O)CCCCC=C1CCCCC1=O. The summed E-state index contributed by atoms with van der Waals surface area (Å²) in [6.45, 7) is 0. The number of carbonyl (C=O) groups is 2. The van der Waals surface area contributed by atoms with Gasteiger partial charge in [-0.2, -0.15) is 0 Å². The molecule has 0 aromatic heterocycles. The molecule has 15 heavy (non-hydrogen) atoms. The molecule has 1 aliphatic rings. The highest BCUT2D eigenvalue weighted by Crippen LogP contribution is 2.20. The van der Waals surface area contributed by atoms with Crippen LogP contribution in [0.4, 0.5) is 0 Å². The summed E-state index contributed by atoms with van der Waals surface area (Å²) >= 11 is 0. The third kappa shape index (κ3) is 4.77. The predicted octanol–water partition coefficient (Wildman–Crippen LogP) is 2.70. The number of carboxylic acid groups (broad SMARTS) is 1. The smallest absolute Gasteiger partial charge is 0.303 e. The van der Waals surface area contributed by atoms with E-state index < -0.39 is 5.97 Å². The molecule has 0 amide bonds. The van der Waals surface area contributed by atoms with Gasteiger partial charge in [0.1, 0.15) is 0 Å². The van der Waals surface area contributed by atoms with Gasteiger partial charge < -0.3 is 5.11 Å². The molecule has 1 aliphatic carbocycles. The summed E-state index contributed by atoms with van der Waals surface area (Å²) in [6.07, 6.45) is 8.39. The molecule has 1 N–H and O–H groups in total. The highest BCUT2D eigenvalue weighted by atomic mass is 16.4. The second-order valence-corrected chi connectivity index (χ2v) is 4.00. The van der Waals surface area contributed by atoms with Gasteiger partial charge in [0.05, 0.1) is 0 Å². The summed E-state index contributed by atoms with van der Waals surface area (Å²) < 4.78 is 0. The Kier molecular flexibility index (Phi) is 5.08. The van der Waals surface area contributed by atoms with E-state index in [1.807, 2.05) is 6.08 Å². The first kappa shape index (κ1) is 12.0. The number of unbranched alkanes of at least 4 members (excludes halogenated alkanes) is 2. The number of Topliss-reactive ketones (excluding diaryl/α,β-unsaturated/α-hetero) is 1. The van der Waals surface area contributed by atoms with Gasteiger partial charge in [-0.15, -0.1) is 0 Å². The molecule has 3 heteroatoms. The van der Waals surface area contributed by atoms with Crippen molar-refractivity contribution in [2.45, 2.75) is 51.4 Å². The van der Waals surface area contributed by atoms with E-state index in [2.05, 4.69) is 0 Å². The van der Waals surface area contributed by atoms with Crippen LogP contribution in [0.1, 0.15) is 51.4 Å². The van der Waals surface area contributed by atoms with Crippen molar-refractivity contribution in [2.24, 2.45) is 0 Å². The molecule has 0 aliphatic heterocycles. The summed E-state index contributed by atoms with van der Waals surface area (Å²) in [5.74, 6) is -0.448. The highest BCUT2D eigenvalue weighted by molar-refractivity contribution is 5.95. The molecule has 0 heterocycles. The van der Waals surface area contributed by atoms with Gasteiger partial charge in [-0.25, -0.2) is 0 Å². The predicted molar refractivity (Wildman–Crippen MR) is 57.7 cm³/mol. The summed E-state index contributed by atoms with van der Waals surface area (Å²) in [4.78, 5) is 21.7. The Labute approximate surface area is 90.2 Å². The number of rotatable bonds is 5. The quantitative estimate of drug-likeness (QED) is 0.560. The fourth-order valence-electron chi connectivity index (χ4n) is 1.81. The van der Waals surface area contributed by atoms with E-state index in [-0.39, 0.29) is 6.42 Å². The molecule has 0 bridgehead atoms. The maximum atomic E-state index is 11.4. The zero-order valence-corrected chi connectivity index (χ0v) is 9.00. The van der Waals surface area contributed by atoms with Gasteiger partial charge in [0.2, 0.25) is 0 Å². The second kappa shape index (κ2) is 6.38. The molecule has 0 unspecified atom stereocenters. The molecule has 3 nitrogen and oxygen atoms in total. The molecule has 0 saturated heterocycles. The molecule has 1 rings (SSSR count). The lowest BCUT2D eigenvalue weighted by molar-refractivity contribution is -0.137. The zero-order valence-electron chi connectivity index (χ0n) is 9.00. The van der Waals surface area contributed by atoms with Gasteiger partial charge in [0.15, 0.2) is 5.78 Å². The summed E-state index contributed by atoms with van der Waals surface area (Å²) in [6, 6.07) is 0. The summed E-state index contributed by atoms with van der Waals surface area (Å²) in [7, 11) is 0. The number of hydrogen-bond donors (Lipinski definition) is 1. The number of ketones is 1. The Bertz CT molecular complexity index is 266. The molecule has 0 aromatic rings. The molecule has 0 atom stereocenters. The minimum Gasteiger partial charge on any atom is -0.481 e. The van der Waals surface area contributed by atoms with Crippen LogP contribution in [0.15, 0.2) is 11.6 Å². The van der Waals surface area contributed by atoms with Crippen molar-refractivity contribution in [1.82, 2.24) is 0 Å². The molecule has 84 valence electrons. The molecule has 0 radical (unpaired) electrons. The normalized spacial score (nSPS) is 19.5.